The fourth-order valence-electron chi connectivity index (χ4n) is 2.04. The molecule has 1 amide bonds. The lowest BCUT2D eigenvalue weighted by Crippen LogP contribution is -2.42. The molecule has 110 valence electrons. The molecule has 0 atom stereocenters. The molecule has 0 bridgehead atoms. The third-order valence-corrected chi connectivity index (χ3v) is 3.82. The molecular weight excluding hydrogens is 256 g/mol. The second-order valence-corrected chi connectivity index (χ2v) is 4.92. The van der Waals surface area contributed by atoms with E-state index in [4.69, 9.17) is 0 Å². The Hall–Kier alpha value is -1.91. The van der Waals surface area contributed by atoms with Gasteiger partial charge in [0.05, 0.1) is 5.41 Å². The van der Waals surface area contributed by atoms with E-state index in [1.807, 2.05) is 26.0 Å². The average Bonchev–Trinajstić information content (AvgIpc) is 2.47. The molecule has 0 aliphatic rings. The van der Waals surface area contributed by atoms with Crippen molar-refractivity contribution in [3.8, 4) is 0 Å². The predicted molar refractivity (Wildman–Crippen MR) is 76.2 cm³/mol. The van der Waals surface area contributed by atoms with Crippen molar-refractivity contribution in [1.29, 1.82) is 0 Å². The summed E-state index contributed by atoms with van der Waals surface area (Å²) in [6.45, 7) is 3.85. The van der Waals surface area contributed by atoms with Crippen LogP contribution in [0.1, 0.15) is 38.7 Å². The summed E-state index contributed by atoms with van der Waals surface area (Å²) in [7, 11) is 0. The molecule has 5 heteroatoms. The third kappa shape index (κ3) is 4.33. The van der Waals surface area contributed by atoms with Gasteiger partial charge in [-0.3, -0.25) is 14.6 Å². The van der Waals surface area contributed by atoms with Gasteiger partial charge in [0.1, 0.15) is 0 Å². The number of carboxylic acids is 1. The molecule has 0 aliphatic heterocycles. The zero-order chi connectivity index (χ0) is 15.0. The Kier molecular flexibility index (Phi) is 6.15. The lowest BCUT2D eigenvalue weighted by atomic mass is 9.82. The molecule has 1 aromatic rings. The minimum absolute atomic E-state index is 0.116. The maximum Gasteiger partial charge on any atom is 0.311 e. The average molecular weight is 278 g/mol. The molecule has 1 heterocycles. The molecule has 0 unspecified atom stereocenters. The number of hydrogen-bond donors (Lipinski definition) is 2. The van der Waals surface area contributed by atoms with E-state index in [0.717, 1.165) is 5.56 Å². The number of carboxylic acid groups (broad SMARTS) is 1. The van der Waals surface area contributed by atoms with Crippen LogP contribution < -0.4 is 5.32 Å². The molecule has 1 aromatic heterocycles. The van der Waals surface area contributed by atoms with Crippen molar-refractivity contribution in [1.82, 2.24) is 10.3 Å². The Morgan fingerprint density at radius 3 is 2.35 bits per heavy atom. The van der Waals surface area contributed by atoms with Gasteiger partial charge >= 0.3 is 5.97 Å². The van der Waals surface area contributed by atoms with Crippen molar-refractivity contribution in [2.24, 2.45) is 5.41 Å². The Morgan fingerprint density at radius 2 is 1.85 bits per heavy atom. The number of pyridine rings is 1. The van der Waals surface area contributed by atoms with Crippen LogP contribution in [0.4, 0.5) is 0 Å². The maximum atomic E-state index is 11.8. The van der Waals surface area contributed by atoms with Crippen LogP contribution in [0, 0.1) is 5.41 Å². The molecule has 5 nitrogen and oxygen atoms in total. The number of nitrogens with zero attached hydrogens (tertiary/aromatic N) is 1. The van der Waals surface area contributed by atoms with E-state index in [2.05, 4.69) is 10.3 Å². The van der Waals surface area contributed by atoms with Gasteiger partial charge in [0.2, 0.25) is 5.91 Å². The minimum atomic E-state index is -0.855. The molecule has 0 fully saturated rings. The number of carbonyl (C=O) groups is 2. The van der Waals surface area contributed by atoms with Crippen molar-refractivity contribution >= 4 is 11.9 Å². The number of carbonyl (C=O) groups excluding carboxylic acids is 1. The first-order valence-corrected chi connectivity index (χ1v) is 6.93. The number of aliphatic carboxylic acids is 1. The highest BCUT2D eigenvalue weighted by molar-refractivity contribution is 5.79. The number of rotatable bonds is 8. The minimum Gasteiger partial charge on any atom is -0.481 e. The monoisotopic (exact) mass is 278 g/mol. The van der Waals surface area contributed by atoms with Crippen LogP contribution in [0.5, 0.6) is 0 Å². The van der Waals surface area contributed by atoms with E-state index in [-0.39, 0.29) is 12.5 Å². The van der Waals surface area contributed by atoms with Crippen LogP contribution in [0.15, 0.2) is 24.5 Å². The summed E-state index contributed by atoms with van der Waals surface area (Å²) < 4.78 is 0. The number of amides is 1. The standard InChI is InChI=1S/C15H22N2O3/c1-3-15(4-2,14(19)20)11-17-13(18)6-5-12-7-9-16-10-8-12/h7-10H,3-6,11H2,1-2H3,(H,17,18)(H,19,20). The molecular formula is C15H22N2O3. The first-order chi connectivity index (χ1) is 9.54. The predicted octanol–water partition coefficient (Wildman–Crippen LogP) is 2.02. The highest BCUT2D eigenvalue weighted by Crippen LogP contribution is 2.25. The van der Waals surface area contributed by atoms with Crippen molar-refractivity contribution in [2.45, 2.75) is 39.5 Å². The van der Waals surface area contributed by atoms with Crippen molar-refractivity contribution in [2.75, 3.05) is 6.54 Å². The second kappa shape index (κ2) is 7.62. The van der Waals surface area contributed by atoms with Crippen molar-refractivity contribution < 1.29 is 14.7 Å². The van der Waals surface area contributed by atoms with Gasteiger partial charge in [-0.05, 0) is 37.0 Å². The van der Waals surface area contributed by atoms with Crippen molar-refractivity contribution in [3.63, 3.8) is 0 Å². The van der Waals surface area contributed by atoms with E-state index < -0.39 is 11.4 Å². The van der Waals surface area contributed by atoms with E-state index in [9.17, 15) is 14.7 Å². The Bertz CT molecular complexity index is 442. The van der Waals surface area contributed by atoms with Crippen molar-refractivity contribution in [3.05, 3.63) is 30.1 Å². The summed E-state index contributed by atoms with van der Waals surface area (Å²) >= 11 is 0. The number of aromatic nitrogens is 1. The van der Waals surface area contributed by atoms with Gasteiger partial charge in [0, 0.05) is 25.4 Å². The summed E-state index contributed by atoms with van der Waals surface area (Å²) in [4.78, 5) is 27.0. The number of hydrogen-bond acceptors (Lipinski definition) is 3. The largest absolute Gasteiger partial charge is 0.481 e. The van der Waals surface area contributed by atoms with Crippen LogP contribution in [-0.2, 0) is 16.0 Å². The third-order valence-electron chi connectivity index (χ3n) is 3.82. The van der Waals surface area contributed by atoms with Crippen LogP contribution in [0.25, 0.3) is 0 Å². The zero-order valence-electron chi connectivity index (χ0n) is 12.1. The van der Waals surface area contributed by atoms with Gasteiger partial charge in [0.25, 0.3) is 0 Å². The summed E-state index contributed by atoms with van der Waals surface area (Å²) in [6, 6.07) is 3.74. The van der Waals surface area contributed by atoms with Crippen LogP contribution in [0.2, 0.25) is 0 Å². The fraction of sp³-hybridized carbons (Fsp3) is 0.533. The smallest absolute Gasteiger partial charge is 0.311 e. The van der Waals surface area contributed by atoms with E-state index >= 15 is 0 Å². The quantitative estimate of drug-likeness (QED) is 0.762. The highest BCUT2D eigenvalue weighted by atomic mass is 16.4. The van der Waals surface area contributed by atoms with E-state index in [1.165, 1.54) is 0 Å². The lowest BCUT2D eigenvalue weighted by Gasteiger charge is -2.26. The van der Waals surface area contributed by atoms with Gasteiger partial charge in [-0.2, -0.15) is 0 Å². The molecule has 0 saturated carbocycles. The fourth-order valence-corrected chi connectivity index (χ4v) is 2.04. The molecule has 1 rings (SSSR count). The molecule has 0 radical (unpaired) electrons. The first-order valence-electron chi connectivity index (χ1n) is 6.93. The van der Waals surface area contributed by atoms with Crippen LogP contribution in [0.3, 0.4) is 0 Å². The highest BCUT2D eigenvalue weighted by Gasteiger charge is 2.34. The number of aryl methyl sites for hydroxylation is 1. The van der Waals surface area contributed by atoms with Gasteiger partial charge in [-0.25, -0.2) is 0 Å². The van der Waals surface area contributed by atoms with E-state index in [0.29, 0.717) is 25.7 Å². The summed E-state index contributed by atoms with van der Waals surface area (Å²) in [5.74, 6) is -0.966. The summed E-state index contributed by atoms with van der Waals surface area (Å²) in [5.41, 5.74) is 0.192. The van der Waals surface area contributed by atoms with Crippen LogP contribution >= 0.6 is 0 Å². The zero-order valence-corrected chi connectivity index (χ0v) is 12.1. The van der Waals surface area contributed by atoms with Gasteiger partial charge in [0.15, 0.2) is 0 Å². The Labute approximate surface area is 119 Å². The maximum absolute atomic E-state index is 11.8. The second-order valence-electron chi connectivity index (χ2n) is 4.92. The topological polar surface area (TPSA) is 79.3 Å². The van der Waals surface area contributed by atoms with E-state index in [1.54, 1.807) is 12.4 Å². The van der Waals surface area contributed by atoms with Crippen LogP contribution in [-0.4, -0.2) is 28.5 Å². The number of nitrogens with one attached hydrogen (secondary N) is 1. The van der Waals surface area contributed by atoms with Gasteiger partial charge in [-0.1, -0.05) is 13.8 Å². The summed E-state index contributed by atoms with van der Waals surface area (Å²) in [5, 5.41) is 12.0. The molecule has 0 saturated heterocycles. The molecule has 20 heavy (non-hydrogen) atoms. The summed E-state index contributed by atoms with van der Waals surface area (Å²) in [6.07, 6.45) is 5.38. The molecule has 0 spiro atoms. The molecule has 0 aromatic carbocycles. The van der Waals surface area contributed by atoms with Gasteiger partial charge in [-0.15, -0.1) is 0 Å². The molecule has 0 aliphatic carbocycles. The normalized spacial score (nSPS) is 11.1. The Balaban J connectivity index is 2.44. The van der Waals surface area contributed by atoms with Gasteiger partial charge < -0.3 is 10.4 Å². The lowest BCUT2D eigenvalue weighted by molar-refractivity contribution is -0.149. The SMILES string of the molecule is CCC(CC)(CNC(=O)CCc1ccncc1)C(=O)O. The molecule has 2 N–H and O–H groups in total. The Morgan fingerprint density at radius 1 is 1.25 bits per heavy atom. The first kappa shape index (κ1) is 16.1.